The largest absolute Gasteiger partial charge is 0.493 e. The summed E-state index contributed by atoms with van der Waals surface area (Å²) in [6, 6.07) is 10.5. The second kappa shape index (κ2) is 9.75. The van der Waals surface area contributed by atoms with Crippen molar-refractivity contribution < 1.29 is 28.7 Å². The first-order valence-corrected chi connectivity index (χ1v) is 9.06. The molecule has 0 aliphatic heterocycles. The van der Waals surface area contributed by atoms with Gasteiger partial charge in [-0.25, -0.2) is 0 Å². The Balaban J connectivity index is 1.91. The molecule has 0 spiro atoms. The number of nitro benzene ring substituents is 1. The van der Waals surface area contributed by atoms with Crippen LogP contribution in [0.15, 0.2) is 47.4 Å². The molecule has 28 heavy (non-hydrogen) atoms. The Morgan fingerprint density at radius 3 is 2.29 bits per heavy atom. The molecule has 0 radical (unpaired) electrons. The fourth-order valence-corrected chi connectivity index (χ4v) is 3.11. The summed E-state index contributed by atoms with van der Waals surface area (Å²) < 4.78 is 15.4. The Morgan fingerprint density at radius 1 is 1.07 bits per heavy atom. The predicted octanol–water partition coefficient (Wildman–Crippen LogP) is 3.52. The summed E-state index contributed by atoms with van der Waals surface area (Å²) in [5.41, 5.74) is 0.307. The number of nitrogens with zero attached hydrogens (tertiary/aromatic N) is 1. The molecule has 0 bridgehead atoms. The van der Waals surface area contributed by atoms with E-state index in [4.69, 9.17) is 14.2 Å². The lowest BCUT2D eigenvalue weighted by molar-refractivity contribution is -0.384. The maximum atomic E-state index is 12.3. The molecule has 0 aliphatic carbocycles. The van der Waals surface area contributed by atoms with Crippen LogP contribution in [0.2, 0.25) is 0 Å². The number of Topliss-reactive ketones (excluding diaryl/α,β-unsaturated/α-hetero) is 1. The molecule has 0 fully saturated rings. The molecule has 0 heterocycles. The zero-order valence-electron chi connectivity index (χ0n) is 15.5. The van der Waals surface area contributed by atoms with Gasteiger partial charge in [0.1, 0.15) is 5.25 Å². The highest BCUT2D eigenvalue weighted by Gasteiger charge is 2.19. The molecule has 8 nitrogen and oxygen atoms in total. The van der Waals surface area contributed by atoms with Crippen LogP contribution >= 0.6 is 11.8 Å². The summed E-state index contributed by atoms with van der Waals surface area (Å²) in [7, 11) is 2.95. The molecule has 2 aromatic carbocycles. The van der Waals surface area contributed by atoms with E-state index in [1.807, 2.05) is 0 Å². The normalized spacial score (nSPS) is 11.4. The van der Waals surface area contributed by atoms with Crippen molar-refractivity contribution >= 4 is 29.2 Å². The third kappa shape index (κ3) is 5.46. The summed E-state index contributed by atoms with van der Waals surface area (Å²) >= 11 is 1.19. The number of rotatable bonds is 9. The molecular weight excluding hydrogens is 386 g/mol. The van der Waals surface area contributed by atoms with Gasteiger partial charge in [-0.1, -0.05) is 0 Å². The molecule has 148 valence electrons. The first-order valence-electron chi connectivity index (χ1n) is 8.18. The standard InChI is InChI=1S/C19H19NO7S/c1-12(28-15-7-5-14(6-8-15)20(23)24)19(22)27-11-16(21)13-4-9-17(25-2)18(10-13)26-3/h4-10,12H,11H2,1-3H3/t12-/m1/s1. The second-order valence-corrected chi connectivity index (χ2v) is 7.03. The highest BCUT2D eigenvalue weighted by molar-refractivity contribution is 8.00. The summed E-state index contributed by atoms with van der Waals surface area (Å²) in [5.74, 6) is -0.0371. The van der Waals surface area contributed by atoms with Gasteiger partial charge in [-0.2, -0.15) is 0 Å². The molecule has 2 rings (SSSR count). The van der Waals surface area contributed by atoms with Crippen LogP contribution in [-0.4, -0.2) is 42.8 Å². The number of carbonyl (C=O) groups excluding carboxylic acids is 2. The Morgan fingerprint density at radius 2 is 1.71 bits per heavy atom. The third-order valence-electron chi connectivity index (χ3n) is 3.74. The summed E-state index contributed by atoms with van der Waals surface area (Å²) in [6.45, 7) is 1.23. The van der Waals surface area contributed by atoms with Crippen molar-refractivity contribution in [3.8, 4) is 11.5 Å². The minimum absolute atomic E-state index is 0.0277. The van der Waals surface area contributed by atoms with Gasteiger partial charge < -0.3 is 14.2 Å². The minimum Gasteiger partial charge on any atom is -0.493 e. The Kier molecular flexibility index (Phi) is 7.39. The van der Waals surface area contributed by atoms with E-state index >= 15 is 0 Å². The van der Waals surface area contributed by atoms with Gasteiger partial charge in [0.15, 0.2) is 23.9 Å². The van der Waals surface area contributed by atoms with Gasteiger partial charge in [-0.15, -0.1) is 11.8 Å². The minimum atomic E-state index is -0.584. The molecule has 9 heteroatoms. The Labute approximate surface area is 165 Å². The number of methoxy groups -OCH3 is 2. The number of hydrogen-bond acceptors (Lipinski definition) is 8. The van der Waals surface area contributed by atoms with E-state index in [2.05, 4.69) is 0 Å². The zero-order chi connectivity index (χ0) is 20.7. The highest BCUT2D eigenvalue weighted by atomic mass is 32.2. The number of thioether (sulfide) groups is 1. The van der Waals surface area contributed by atoms with E-state index in [1.165, 1.54) is 44.2 Å². The smallest absolute Gasteiger partial charge is 0.319 e. The van der Waals surface area contributed by atoms with Crippen molar-refractivity contribution in [3.05, 3.63) is 58.1 Å². The zero-order valence-corrected chi connectivity index (χ0v) is 16.4. The van der Waals surface area contributed by atoms with Crippen molar-refractivity contribution in [1.82, 2.24) is 0 Å². The van der Waals surface area contributed by atoms with Crippen molar-refractivity contribution in [1.29, 1.82) is 0 Å². The average molecular weight is 405 g/mol. The molecule has 1 atom stereocenters. The number of ketones is 1. The van der Waals surface area contributed by atoms with E-state index in [-0.39, 0.29) is 11.5 Å². The van der Waals surface area contributed by atoms with E-state index < -0.39 is 22.7 Å². The number of esters is 1. The first-order chi connectivity index (χ1) is 13.3. The lowest BCUT2D eigenvalue weighted by Gasteiger charge is -2.12. The van der Waals surface area contributed by atoms with Gasteiger partial charge in [0.25, 0.3) is 5.69 Å². The summed E-state index contributed by atoms with van der Waals surface area (Å²) in [5, 5.41) is 10.1. The quantitative estimate of drug-likeness (QED) is 0.205. The van der Waals surface area contributed by atoms with Gasteiger partial charge in [0.2, 0.25) is 0 Å². The fourth-order valence-electron chi connectivity index (χ4n) is 2.25. The SMILES string of the molecule is COc1ccc(C(=O)COC(=O)[C@@H](C)Sc2ccc([N+](=O)[O-])cc2)cc1OC. The van der Waals surface area contributed by atoms with Crippen molar-refractivity contribution in [2.24, 2.45) is 0 Å². The van der Waals surface area contributed by atoms with E-state index in [0.717, 1.165) is 0 Å². The Bertz CT molecular complexity index is 867. The molecule has 0 saturated carbocycles. The molecule has 0 saturated heterocycles. The lowest BCUT2D eigenvalue weighted by atomic mass is 10.1. The van der Waals surface area contributed by atoms with Gasteiger partial charge in [0, 0.05) is 22.6 Å². The predicted molar refractivity (Wildman–Crippen MR) is 103 cm³/mol. The highest BCUT2D eigenvalue weighted by Crippen LogP contribution is 2.28. The van der Waals surface area contributed by atoms with Crippen LogP contribution in [0.4, 0.5) is 5.69 Å². The lowest BCUT2D eigenvalue weighted by Crippen LogP contribution is -2.21. The van der Waals surface area contributed by atoms with E-state index in [0.29, 0.717) is 22.0 Å². The van der Waals surface area contributed by atoms with Crippen molar-refractivity contribution in [2.75, 3.05) is 20.8 Å². The summed E-state index contributed by atoms with van der Waals surface area (Å²) in [6.07, 6.45) is 0. The van der Waals surface area contributed by atoms with Gasteiger partial charge in [0.05, 0.1) is 19.1 Å². The monoisotopic (exact) mass is 405 g/mol. The van der Waals surface area contributed by atoms with Crippen LogP contribution in [0.5, 0.6) is 11.5 Å². The van der Waals surface area contributed by atoms with Crippen LogP contribution in [-0.2, 0) is 9.53 Å². The number of non-ortho nitro benzene ring substituents is 1. The van der Waals surface area contributed by atoms with Crippen LogP contribution in [0.3, 0.4) is 0 Å². The van der Waals surface area contributed by atoms with E-state index in [9.17, 15) is 19.7 Å². The third-order valence-corrected chi connectivity index (χ3v) is 4.83. The van der Waals surface area contributed by atoms with Crippen molar-refractivity contribution in [2.45, 2.75) is 17.1 Å². The number of carbonyl (C=O) groups is 2. The number of nitro groups is 1. The molecule has 2 aromatic rings. The molecule has 0 amide bonds. The molecular formula is C19H19NO7S. The topological polar surface area (TPSA) is 105 Å². The van der Waals surface area contributed by atoms with Crippen molar-refractivity contribution in [3.63, 3.8) is 0 Å². The van der Waals surface area contributed by atoms with E-state index in [1.54, 1.807) is 31.2 Å². The Hall–Kier alpha value is -3.07. The first kappa shape index (κ1) is 21.2. The number of ether oxygens (including phenoxy) is 3. The molecule has 0 aromatic heterocycles. The van der Waals surface area contributed by atoms with Crippen LogP contribution in [0.1, 0.15) is 17.3 Å². The van der Waals surface area contributed by atoms with Gasteiger partial charge in [-0.05, 0) is 37.3 Å². The number of benzene rings is 2. The average Bonchev–Trinajstić information content (AvgIpc) is 2.71. The maximum Gasteiger partial charge on any atom is 0.319 e. The molecule has 0 unspecified atom stereocenters. The maximum absolute atomic E-state index is 12.3. The molecule has 0 N–H and O–H groups in total. The van der Waals surface area contributed by atoms with Crippen LogP contribution < -0.4 is 9.47 Å². The van der Waals surface area contributed by atoms with Crippen LogP contribution in [0, 0.1) is 10.1 Å². The fraction of sp³-hybridized carbons (Fsp3) is 0.263. The summed E-state index contributed by atoms with van der Waals surface area (Å²) in [4.78, 5) is 35.2. The number of hydrogen-bond donors (Lipinski definition) is 0. The van der Waals surface area contributed by atoms with Crippen LogP contribution in [0.25, 0.3) is 0 Å². The second-order valence-electron chi connectivity index (χ2n) is 5.61. The van der Waals surface area contributed by atoms with Gasteiger partial charge >= 0.3 is 5.97 Å². The molecule has 0 aliphatic rings. The van der Waals surface area contributed by atoms with Gasteiger partial charge in [-0.3, -0.25) is 19.7 Å².